The van der Waals surface area contributed by atoms with Gasteiger partial charge in [0.2, 0.25) is 15.9 Å². The van der Waals surface area contributed by atoms with E-state index in [9.17, 15) is 27.9 Å². The van der Waals surface area contributed by atoms with Crippen molar-refractivity contribution in [2.75, 3.05) is 6.54 Å². The molecule has 1 fully saturated rings. The SMILES string of the molecule is CC(C)N(C(=O)Oc1ccc(C[C@H](NC(=O)[C@]2(C)CCCN2S(=O)(=O)c2cc(Cl)cc(Cl)c2)C(=O)O)cc1)C(C)C. The van der Waals surface area contributed by atoms with Gasteiger partial charge in [0, 0.05) is 35.1 Å². The van der Waals surface area contributed by atoms with E-state index in [1.54, 1.807) is 29.2 Å². The van der Waals surface area contributed by atoms with Crippen molar-refractivity contribution in [2.45, 2.75) is 82.4 Å². The molecule has 0 aliphatic carbocycles. The zero-order valence-electron chi connectivity index (χ0n) is 23.6. The van der Waals surface area contributed by atoms with Crippen LogP contribution in [0.5, 0.6) is 5.75 Å². The lowest BCUT2D eigenvalue weighted by Crippen LogP contribution is -2.58. The molecule has 0 aromatic heterocycles. The van der Waals surface area contributed by atoms with Crippen LogP contribution in [0.3, 0.4) is 0 Å². The van der Waals surface area contributed by atoms with Crippen LogP contribution in [0.25, 0.3) is 0 Å². The monoisotopic (exact) mass is 627 g/mol. The number of carbonyl (C=O) groups excluding carboxylic acids is 2. The largest absolute Gasteiger partial charge is 0.480 e. The minimum Gasteiger partial charge on any atom is -0.480 e. The summed E-state index contributed by atoms with van der Waals surface area (Å²) < 4.78 is 33.5. The summed E-state index contributed by atoms with van der Waals surface area (Å²) in [5.74, 6) is -1.72. The Bertz CT molecular complexity index is 1370. The van der Waals surface area contributed by atoms with Gasteiger partial charge >= 0.3 is 12.1 Å². The minimum atomic E-state index is -4.17. The van der Waals surface area contributed by atoms with Crippen LogP contribution in [0, 0.1) is 0 Å². The molecule has 10 nitrogen and oxygen atoms in total. The summed E-state index contributed by atoms with van der Waals surface area (Å²) in [6.07, 6.45) is 0.0255. The number of nitrogens with zero attached hydrogens (tertiary/aromatic N) is 2. The molecule has 0 spiro atoms. The Morgan fingerprint density at radius 3 is 2.12 bits per heavy atom. The van der Waals surface area contributed by atoms with Gasteiger partial charge in [0.05, 0.1) is 4.90 Å². The van der Waals surface area contributed by atoms with Gasteiger partial charge in [0.1, 0.15) is 17.3 Å². The molecular formula is C28H35Cl2N3O7S. The number of nitrogens with one attached hydrogen (secondary N) is 1. The molecule has 41 heavy (non-hydrogen) atoms. The molecule has 224 valence electrons. The molecule has 1 saturated heterocycles. The van der Waals surface area contributed by atoms with Gasteiger partial charge in [0.25, 0.3) is 0 Å². The van der Waals surface area contributed by atoms with Crippen molar-refractivity contribution in [3.63, 3.8) is 0 Å². The number of hydrogen-bond acceptors (Lipinski definition) is 6. The number of carboxylic acid groups (broad SMARTS) is 1. The highest BCUT2D eigenvalue weighted by molar-refractivity contribution is 7.89. The van der Waals surface area contributed by atoms with Crippen LogP contribution in [-0.2, 0) is 26.0 Å². The van der Waals surface area contributed by atoms with Crippen LogP contribution in [-0.4, -0.2) is 70.9 Å². The number of halogens is 2. The number of hydrogen-bond donors (Lipinski definition) is 2. The molecule has 1 heterocycles. The van der Waals surface area contributed by atoms with Gasteiger partial charge in [-0.05, 0) is 83.4 Å². The predicted molar refractivity (Wildman–Crippen MR) is 156 cm³/mol. The van der Waals surface area contributed by atoms with Gasteiger partial charge in [-0.1, -0.05) is 35.3 Å². The second-order valence-electron chi connectivity index (χ2n) is 10.7. The zero-order valence-corrected chi connectivity index (χ0v) is 25.9. The van der Waals surface area contributed by atoms with E-state index in [-0.39, 0.29) is 46.4 Å². The lowest BCUT2D eigenvalue weighted by atomic mass is 9.97. The molecule has 2 aromatic carbocycles. The average Bonchev–Trinajstić information content (AvgIpc) is 3.27. The second kappa shape index (κ2) is 13.0. The number of rotatable bonds is 10. The normalized spacial score (nSPS) is 18.4. The van der Waals surface area contributed by atoms with E-state index in [0.717, 1.165) is 4.31 Å². The number of benzene rings is 2. The Morgan fingerprint density at radius 1 is 1.05 bits per heavy atom. The van der Waals surface area contributed by atoms with Gasteiger partial charge in [-0.2, -0.15) is 4.31 Å². The molecule has 2 aromatic rings. The number of sulfonamides is 1. The van der Waals surface area contributed by atoms with Crippen molar-refractivity contribution in [3.8, 4) is 5.75 Å². The van der Waals surface area contributed by atoms with E-state index in [4.69, 9.17) is 27.9 Å². The molecular weight excluding hydrogens is 593 g/mol. The topological polar surface area (TPSA) is 133 Å². The van der Waals surface area contributed by atoms with Crippen molar-refractivity contribution >= 4 is 51.2 Å². The molecule has 0 radical (unpaired) electrons. The maximum absolute atomic E-state index is 13.5. The van der Waals surface area contributed by atoms with Gasteiger partial charge < -0.3 is 20.1 Å². The summed E-state index contributed by atoms with van der Waals surface area (Å²) >= 11 is 12.0. The van der Waals surface area contributed by atoms with E-state index in [2.05, 4.69) is 5.32 Å². The fourth-order valence-corrected chi connectivity index (χ4v) is 7.51. The standard InChI is InChI=1S/C28H35Cl2N3O7S/c1-17(2)33(18(3)4)27(37)40-22-9-7-19(8-10-22)13-24(25(34)35)31-26(36)28(5)11-6-12-32(28)41(38,39)23-15-20(29)14-21(30)16-23/h7-10,14-18,24H,6,11-13H2,1-5H3,(H,31,36)(H,34,35)/t24-,28-/m0/s1. The van der Waals surface area contributed by atoms with Crippen molar-refractivity contribution < 1.29 is 32.6 Å². The first-order valence-corrected chi connectivity index (χ1v) is 15.4. The summed E-state index contributed by atoms with van der Waals surface area (Å²) in [5.41, 5.74) is -0.963. The highest BCUT2D eigenvalue weighted by Crippen LogP contribution is 2.36. The van der Waals surface area contributed by atoms with Crippen molar-refractivity contribution in [1.29, 1.82) is 0 Å². The van der Waals surface area contributed by atoms with Crippen LogP contribution in [0.4, 0.5) is 4.79 Å². The molecule has 0 unspecified atom stereocenters. The molecule has 13 heteroatoms. The maximum Gasteiger partial charge on any atom is 0.415 e. The van der Waals surface area contributed by atoms with Crippen LogP contribution < -0.4 is 10.1 Å². The lowest BCUT2D eigenvalue weighted by molar-refractivity contribution is -0.143. The number of aliphatic carboxylic acids is 1. The van der Waals surface area contributed by atoms with E-state index >= 15 is 0 Å². The number of amides is 2. The Hall–Kier alpha value is -2.86. The second-order valence-corrected chi connectivity index (χ2v) is 13.5. The quantitative estimate of drug-likeness (QED) is 0.380. The molecule has 2 amide bonds. The summed E-state index contributed by atoms with van der Waals surface area (Å²) in [6, 6.07) is 8.77. The number of carbonyl (C=O) groups is 3. The van der Waals surface area contributed by atoms with E-state index < -0.39 is 39.6 Å². The number of ether oxygens (including phenoxy) is 1. The third kappa shape index (κ3) is 7.51. The Labute approximate surface area is 250 Å². The molecule has 3 rings (SSSR count). The van der Waals surface area contributed by atoms with Crippen molar-refractivity contribution in [2.24, 2.45) is 0 Å². The van der Waals surface area contributed by atoms with E-state index in [0.29, 0.717) is 17.7 Å². The van der Waals surface area contributed by atoms with Crippen LogP contribution in [0.2, 0.25) is 10.0 Å². The van der Waals surface area contributed by atoms with Crippen LogP contribution >= 0.6 is 23.2 Å². The maximum atomic E-state index is 13.5. The van der Waals surface area contributed by atoms with E-state index in [1.807, 2.05) is 27.7 Å². The summed E-state index contributed by atoms with van der Waals surface area (Å²) in [6.45, 7) is 9.09. The first-order chi connectivity index (χ1) is 19.1. The highest BCUT2D eigenvalue weighted by atomic mass is 35.5. The first kappa shape index (κ1) is 32.7. The Morgan fingerprint density at radius 2 is 1.61 bits per heavy atom. The fourth-order valence-electron chi connectivity index (χ4n) is 4.97. The molecule has 0 bridgehead atoms. The molecule has 1 aliphatic rings. The summed E-state index contributed by atoms with van der Waals surface area (Å²) in [5, 5.41) is 12.6. The molecule has 2 N–H and O–H groups in total. The number of carboxylic acids is 1. The highest BCUT2D eigenvalue weighted by Gasteiger charge is 2.50. The van der Waals surface area contributed by atoms with E-state index in [1.165, 1.54) is 25.1 Å². The Balaban J connectivity index is 1.75. The van der Waals surface area contributed by atoms with Crippen molar-refractivity contribution in [1.82, 2.24) is 14.5 Å². The zero-order chi connectivity index (χ0) is 30.7. The molecule has 0 saturated carbocycles. The van der Waals surface area contributed by atoms with Crippen molar-refractivity contribution in [3.05, 3.63) is 58.1 Å². The van der Waals surface area contributed by atoms with Crippen LogP contribution in [0.1, 0.15) is 53.0 Å². The lowest BCUT2D eigenvalue weighted by Gasteiger charge is -2.34. The Kier molecular flexibility index (Phi) is 10.3. The third-order valence-electron chi connectivity index (χ3n) is 6.98. The van der Waals surface area contributed by atoms with Crippen LogP contribution in [0.15, 0.2) is 47.4 Å². The van der Waals surface area contributed by atoms with Gasteiger partial charge in [-0.15, -0.1) is 0 Å². The molecule has 2 atom stereocenters. The smallest absolute Gasteiger partial charge is 0.415 e. The van der Waals surface area contributed by atoms with Gasteiger partial charge in [-0.3, -0.25) is 4.79 Å². The predicted octanol–water partition coefficient (Wildman–Crippen LogP) is 4.97. The fraction of sp³-hybridized carbons (Fsp3) is 0.464. The summed E-state index contributed by atoms with van der Waals surface area (Å²) in [4.78, 5) is 39.5. The molecule has 1 aliphatic heterocycles. The third-order valence-corrected chi connectivity index (χ3v) is 9.42. The first-order valence-electron chi connectivity index (χ1n) is 13.2. The average molecular weight is 629 g/mol. The minimum absolute atomic E-state index is 0.0577. The van der Waals surface area contributed by atoms with Gasteiger partial charge in [0.15, 0.2) is 0 Å². The summed E-state index contributed by atoms with van der Waals surface area (Å²) in [7, 11) is -4.17. The van der Waals surface area contributed by atoms with Gasteiger partial charge in [-0.25, -0.2) is 18.0 Å².